The molecule has 6 heteroatoms. The number of benzene rings is 1. The second kappa shape index (κ2) is 7.55. The molecular formula is C21H25N3O3. The van der Waals surface area contributed by atoms with Crippen LogP contribution in [0.3, 0.4) is 0 Å². The van der Waals surface area contributed by atoms with E-state index in [1.807, 2.05) is 0 Å². The molecule has 4 rings (SSSR count). The summed E-state index contributed by atoms with van der Waals surface area (Å²) < 4.78 is 5.16. The van der Waals surface area contributed by atoms with Gasteiger partial charge in [-0.25, -0.2) is 0 Å². The van der Waals surface area contributed by atoms with Gasteiger partial charge in [0, 0.05) is 35.8 Å². The zero-order valence-corrected chi connectivity index (χ0v) is 15.7. The Morgan fingerprint density at radius 1 is 1.15 bits per heavy atom. The maximum absolute atomic E-state index is 13.0. The van der Waals surface area contributed by atoms with E-state index >= 15 is 0 Å². The Morgan fingerprint density at radius 3 is 2.70 bits per heavy atom. The molecule has 1 aliphatic carbocycles. The molecule has 0 saturated carbocycles. The number of likely N-dealkylation sites (tertiary alicyclic amines) is 1. The van der Waals surface area contributed by atoms with Gasteiger partial charge in [0.05, 0.1) is 7.11 Å². The van der Waals surface area contributed by atoms with E-state index in [-0.39, 0.29) is 17.6 Å². The molecule has 2 aliphatic rings. The molecular weight excluding hydrogens is 342 g/mol. The van der Waals surface area contributed by atoms with Crippen molar-refractivity contribution in [3.63, 3.8) is 0 Å². The third-order valence-electron chi connectivity index (χ3n) is 5.71. The molecule has 1 aromatic carbocycles. The molecule has 1 aromatic heterocycles. The Bertz CT molecular complexity index is 841. The first kappa shape index (κ1) is 17.8. The Labute approximate surface area is 158 Å². The first-order valence-corrected chi connectivity index (χ1v) is 9.71. The van der Waals surface area contributed by atoms with Crippen LogP contribution in [0.25, 0.3) is 0 Å². The fourth-order valence-corrected chi connectivity index (χ4v) is 4.17. The first-order chi connectivity index (χ1) is 13.2. The number of carbonyl (C=O) groups is 2. The number of Topliss-reactive ketones (excluding diaryl/α,β-unsaturated/α-hetero) is 1. The van der Waals surface area contributed by atoms with Gasteiger partial charge in [0.1, 0.15) is 5.75 Å². The van der Waals surface area contributed by atoms with Crippen LogP contribution in [0.4, 0.5) is 0 Å². The quantitative estimate of drug-likeness (QED) is 0.843. The molecule has 1 fully saturated rings. The smallest absolute Gasteiger partial charge is 0.274 e. The molecule has 1 saturated heterocycles. The molecule has 2 aromatic rings. The molecule has 6 nitrogen and oxygen atoms in total. The summed E-state index contributed by atoms with van der Waals surface area (Å²) in [6, 6.07) is 7.20. The van der Waals surface area contributed by atoms with Crippen molar-refractivity contribution in [1.82, 2.24) is 15.1 Å². The van der Waals surface area contributed by atoms with Gasteiger partial charge in [-0.3, -0.25) is 14.7 Å². The highest BCUT2D eigenvalue weighted by Gasteiger charge is 2.32. The molecule has 27 heavy (non-hydrogen) atoms. The number of carbonyl (C=O) groups excluding carboxylic acids is 2. The van der Waals surface area contributed by atoms with Crippen LogP contribution in [0, 0.1) is 5.92 Å². The lowest BCUT2D eigenvalue weighted by Crippen LogP contribution is -2.42. The Balaban J connectivity index is 1.48. The fourth-order valence-electron chi connectivity index (χ4n) is 4.17. The van der Waals surface area contributed by atoms with Crippen LogP contribution in [0.2, 0.25) is 0 Å². The number of amides is 1. The highest BCUT2D eigenvalue weighted by molar-refractivity contribution is 5.99. The summed E-state index contributed by atoms with van der Waals surface area (Å²) in [6.07, 6.45) is 5.78. The highest BCUT2D eigenvalue weighted by atomic mass is 16.5. The fraction of sp³-hybridized carbons (Fsp3) is 0.476. The van der Waals surface area contributed by atoms with Gasteiger partial charge in [0.2, 0.25) is 0 Å². The van der Waals surface area contributed by atoms with Gasteiger partial charge < -0.3 is 9.64 Å². The second-order valence-electron chi connectivity index (χ2n) is 7.42. The van der Waals surface area contributed by atoms with Gasteiger partial charge in [0.15, 0.2) is 11.5 Å². The summed E-state index contributed by atoms with van der Waals surface area (Å²) in [6.45, 7) is 1.15. The van der Waals surface area contributed by atoms with Gasteiger partial charge in [-0.2, -0.15) is 5.10 Å². The molecule has 0 bridgehead atoms. The van der Waals surface area contributed by atoms with Crippen molar-refractivity contribution in [2.24, 2.45) is 5.92 Å². The predicted molar refractivity (Wildman–Crippen MR) is 101 cm³/mol. The van der Waals surface area contributed by atoms with Gasteiger partial charge in [-0.05, 0) is 62.8 Å². The van der Waals surface area contributed by atoms with Crippen molar-refractivity contribution in [1.29, 1.82) is 0 Å². The maximum atomic E-state index is 13.0. The molecule has 1 amide bonds. The lowest BCUT2D eigenvalue weighted by molar-refractivity contribution is 0.0631. The van der Waals surface area contributed by atoms with Crippen LogP contribution in [-0.4, -0.2) is 47.0 Å². The lowest BCUT2D eigenvalue weighted by Gasteiger charge is -2.32. The van der Waals surface area contributed by atoms with Crippen LogP contribution in [0.1, 0.15) is 57.8 Å². The van der Waals surface area contributed by atoms with E-state index in [1.165, 1.54) is 0 Å². The van der Waals surface area contributed by atoms with Crippen LogP contribution in [-0.2, 0) is 12.8 Å². The first-order valence-electron chi connectivity index (χ1n) is 9.71. The summed E-state index contributed by atoms with van der Waals surface area (Å²) in [7, 11) is 1.61. The molecule has 0 radical (unpaired) electrons. The second-order valence-corrected chi connectivity index (χ2v) is 7.42. The Morgan fingerprint density at radius 2 is 1.93 bits per heavy atom. The summed E-state index contributed by atoms with van der Waals surface area (Å²) >= 11 is 0. The topological polar surface area (TPSA) is 75.3 Å². The predicted octanol–water partition coefficient (Wildman–Crippen LogP) is 3.03. The third-order valence-corrected chi connectivity index (χ3v) is 5.71. The number of methoxy groups -OCH3 is 1. The molecule has 142 valence electrons. The number of ether oxygens (including phenoxy) is 1. The van der Waals surface area contributed by atoms with Gasteiger partial charge in [0.25, 0.3) is 5.91 Å². The largest absolute Gasteiger partial charge is 0.497 e. The number of piperidine rings is 1. The number of ketones is 1. The number of H-pyrrole nitrogens is 1. The standard InChI is InChI=1S/C21H25N3O3/c1-27-16-10-8-14(9-11-16)20(25)15-5-4-12-24(13-15)21(26)19-17-6-2-3-7-18(17)22-23-19/h8-11,15H,2-7,12-13H2,1H3,(H,22,23)/t15-/m1/s1. The van der Waals surface area contributed by atoms with Crippen LogP contribution in [0.15, 0.2) is 24.3 Å². The van der Waals surface area contributed by atoms with Gasteiger partial charge in [-0.15, -0.1) is 0 Å². The molecule has 0 unspecified atom stereocenters. The van der Waals surface area contributed by atoms with E-state index in [0.717, 1.165) is 55.5 Å². The normalized spacial score (nSPS) is 19.4. The zero-order chi connectivity index (χ0) is 18.8. The molecule has 1 N–H and O–H groups in total. The van der Waals surface area contributed by atoms with E-state index in [0.29, 0.717) is 24.3 Å². The van der Waals surface area contributed by atoms with Crippen molar-refractivity contribution in [2.75, 3.05) is 20.2 Å². The summed E-state index contributed by atoms with van der Waals surface area (Å²) in [5.74, 6) is 0.627. The minimum atomic E-state index is -0.161. The van der Waals surface area contributed by atoms with E-state index in [2.05, 4.69) is 10.2 Å². The summed E-state index contributed by atoms with van der Waals surface area (Å²) in [4.78, 5) is 27.7. The number of rotatable bonds is 4. The number of hydrogen-bond donors (Lipinski definition) is 1. The number of aromatic amines is 1. The lowest BCUT2D eigenvalue weighted by atomic mass is 9.89. The van der Waals surface area contributed by atoms with Gasteiger partial charge >= 0.3 is 0 Å². The molecule has 2 heterocycles. The molecule has 0 spiro atoms. The minimum Gasteiger partial charge on any atom is -0.497 e. The van der Waals surface area contributed by atoms with Crippen LogP contribution < -0.4 is 4.74 Å². The summed E-state index contributed by atoms with van der Waals surface area (Å²) in [5, 5.41) is 7.35. The molecule has 1 atom stereocenters. The van der Waals surface area contributed by atoms with Crippen molar-refractivity contribution < 1.29 is 14.3 Å². The minimum absolute atomic E-state index is 0.0402. The Kier molecular flexibility index (Phi) is 4.97. The highest BCUT2D eigenvalue weighted by Crippen LogP contribution is 2.26. The van der Waals surface area contributed by atoms with E-state index in [1.54, 1.807) is 36.3 Å². The van der Waals surface area contributed by atoms with Crippen molar-refractivity contribution in [3.05, 3.63) is 46.8 Å². The SMILES string of the molecule is COc1ccc(C(=O)[C@@H]2CCCN(C(=O)c3n[nH]c4c3CCCC4)C2)cc1. The average molecular weight is 367 g/mol. The number of nitrogens with one attached hydrogen (secondary N) is 1. The van der Waals surface area contributed by atoms with E-state index in [4.69, 9.17) is 4.74 Å². The van der Waals surface area contributed by atoms with E-state index in [9.17, 15) is 9.59 Å². The number of hydrogen-bond acceptors (Lipinski definition) is 4. The number of aromatic nitrogens is 2. The number of fused-ring (bicyclic) bond motifs is 1. The molecule has 1 aliphatic heterocycles. The van der Waals surface area contributed by atoms with Gasteiger partial charge in [-0.1, -0.05) is 0 Å². The maximum Gasteiger partial charge on any atom is 0.274 e. The Hall–Kier alpha value is -2.63. The van der Waals surface area contributed by atoms with Crippen LogP contribution in [0.5, 0.6) is 5.75 Å². The van der Waals surface area contributed by atoms with Crippen LogP contribution >= 0.6 is 0 Å². The van der Waals surface area contributed by atoms with Crippen molar-refractivity contribution in [3.8, 4) is 5.75 Å². The van der Waals surface area contributed by atoms with Crippen molar-refractivity contribution in [2.45, 2.75) is 38.5 Å². The summed E-state index contributed by atoms with van der Waals surface area (Å²) in [5.41, 5.74) is 3.41. The zero-order valence-electron chi connectivity index (χ0n) is 15.7. The monoisotopic (exact) mass is 367 g/mol. The number of nitrogens with zero attached hydrogens (tertiary/aromatic N) is 2. The van der Waals surface area contributed by atoms with Crippen molar-refractivity contribution >= 4 is 11.7 Å². The number of aryl methyl sites for hydroxylation is 1. The van der Waals surface area contributed by atoms with E-state index < -0.39 is 0 Å². The average Bonchev–Trinajstić information content (AvgIpc) is 3.17. The third kappa shape index (κ3) is 3.48.